The summed E-state index contributed by atoms with van der Waals surface area (Å²) in [4.78, 5) is 0. The molecule has 0 aliphatic heterocycles. The van der Waals surface area contributed by atoms with Crippen LogP contribution >= 0.6 is 0 Å². The molecule has 4 rings (SSSR count). The van der Waals surface area contributed by atoms with Crippen LogP contribution in [0, 0.1) is 17.3 Å². The van der Waals surface area contributed by atoms with Crippen LogP contribution in [-0.4, -0.2) is 30.0 Å². The molecule has 4 N–H and O–H groups in total. The Kier molecular flexibility index (Phi) is 5.33. The van der Waals surface area contributed by atoms with Gasteiger partial charge in [-0.15, -0.1) is 0 Å². The Morgan fingerprint density at radius 3 is 2.37 bits per heavy atom. The second-order valence-corrected chi connectivity index (χ2v) is 11.2. The van der Waals surface area contributed by atoms with Gasteiger partial charge in [0.05, 0.1) is 13.2 Å². The van der Waals surface area contributed by atoms with E-state index in [1.807, 2.05) is 6.07 Å². The van der Waals surface area contributed by atoms with Gasteiger partial charge in [0.15, 0.2) is 11.5 Å². The molecule has 3 aliphatic rings. The third-order valence-electron chi connectivity index (χ3n) is 7.38. The van der Waals surface area contributed by atoms with Gasteiger partial charge in [-0.1, -0.05) is 6.92 Å². The summed E-state index contributed by atoms with van der Waals surface area (Å²) < 4.78 is 61.4. The molecule has 11 heteroatoms. The minimum atomic E-state index is -4.15. The lowest BCUT2D eigenvalue weighted by atomic mass is 9.55. The molecule has 2 saturated carbocycles. The van der Waals surface area contributed by atoms with Crippen molar-refractivity contribution in [2.75, 3.05) is 7.11 Å². The number of methoxy groups -OCH3 is 1. The van der Waals surface area contributed by atoms with Crippen LogP contribution in [0.15, 0.2) is 12.1 Å². The van der Waals surface area contributed by atoms with Crippen molar-refractivity contribution in [3.05, 3.63) is 23.3 Å². The molecule has 5 atom stereocenters. The molecule has 3 aliphatic carbocycles. The minimum absolute atomic E-state index is 0.0975. The van der Waals surface area contributed by atoms with E-state index < -0.39 is 20.6 Å². The first-order valence-electron chi connectivity index (χ1n) is 10.1. The highest BCUT2D eigenvalue weighted by Crippen LogP contribution is 2.62. The summed E-state index contributed by atoms with van der Waals surface area (Å²) >= 11 is 0. The van der Waals surface area contributed by atoms with Crippen LogP contribution in [0.5, 0.6) is 11.5 Å². The van der Waals surface area contributed by atoms with Gasteiger partial charge in [0.1, 0.15) is 0 Å². The SMILES string of the molecule is COc1cc2c(cc1OS(N)(=O)=O)CC[C@@H]1[C@@H]2CC[C@]2(C)[C@@H](OS(N)(=O)=O)CC[C@@H]12. The van der Waals surface area contributed by atoms with Crippen molar-refractivity contribution >= 4 is 20.6 Å². The van der Waals surface area contributed by atoms with E-state index in [0.717, 1.165) is 43.2 Å². The molecule has 9 nitrogen and oxygen atoms in total. The number of aryl methyl sites for hydroxylation is 1. The molecule has 1 aromatic carbocycles. The molecule has 0 amide bonds. The number of rotatable bonds is 5. The summed E-state index contributed by atoms with van der Waals surface area (Å²) in [5, 5.41) is 10.2. The zero-order valence-electron chi connectivity index (χ0n) is 17.0. The van der Waals surface area contributed by atoms with Crippen LogP contribution in [0.4, 0.5) is 0 Å². The second-order valence-electron chi connectivity index (χ2n) is 8.89. The minimum Gasteiger partial charge on any atom is -0.493 e. The smallest absolute Gasteiger partial charge is 0.380 e. The Morgan fingerprint density at radius 2 is 1.73 bits per heavy atom. The number of fused-ring (bicyclic) bond motifs is 5. The highest BCUT2D eigenvalue weighted by Gasteiger charge is 2.56. The Morgan fingerprint density at radius 1 is 1.00 bits per heavy atom. The second kappa shape index (κ2) is 7.33. The average Bonchev–Trinajstić information content (AvgIpc) is 2.94. The lowest BCUT2D eigenvalue weighted by Gasteiger charge is -2.50. The Hall–Kier alpha value is -1.40. The van der Waals surface area contributed by atoms with Gasteiger partial charge in [0.25, 0.3) is 0 Å². The lowest BCUT2D eigenvalue weighted by Crippen LogP contribution is -2.45. The van der Waals surface area contributed by atoms with E-state index in [-0.39, 0.29) is 23.2 Å². The number of ether oxygens (including phenoxy) is 1. The normalized spacial score (nSPS) is 33.3. The molecule has 0 bridgehead atoms. The zero-order chi connectivity index (χ0) is 21.9. The molecule has 0 aromatic heterocycles. The first-order valence-corrected chi connectivity index (χ1v) is 13.0. The topological polar surface area (TPSA) is 148 Å². The predicted octanol–water partition coefficient (Wildman–Crippen LogP) is 1.72. The summed E-state index contributed by atoms with van der Waals surface area (Å²) in [6.07, 6.45) is 4.61. The highest BCUT2D eigenvalue weighted by molar-refractivity contribution is 7.84. The summed E-state index contributed by atoms with van der Waals surface area (Å²) in [6.45, 7) is 2.12. The fourth-order valence-corrected chi connectivity index (χ4v) is 7.22. The van der Waals surface area contributed by atoms with E-state index in [0.29, 0.717) is 24.0 Å². The summed E-state index contributed by atoms with van der Waals surface area (Å²) in [7, 11) is -6.69. The van der Waals surface area contributed by atoms with E-state index in [9.17, 15) is 16.8 Å². The summed E-state index contributed by atoms with van der Waals surface area (Å²) in [5.74, 6) is 1.44. The molecule has 0 spiro atoms. The van der Waals surface area contributed by atoms with Crippen molar-refractivity contribution in [1.82, 2.24) is 0 Å². The van der Waals surface area contributed by atoms with Crippen molar-refractivity contribution in [3.8, 4) is 11.5 Å². The molecule has 0 unspecified atom stereocenters. The van der Waals surface area contributed by atoms with Crippen LogP contribution in [0.25, 0.3) is 0 Å². The molecule has 0 saturated heterocycles. The molecule has 0 radical (unpaired) electrons. The van der Waals surface area contributed by atoms with Gasteiger partial charge < -0.3 is 8.92 Å². The first-order chi connectivity index (χ1) is 13.9. The predicted molar refractivity (Wildman–Crippen MR) is 109 cm³/mol. The van der Waals surface area contributed by atoms with Crippen LogP contribution in [0.1, 0.15) is 56.1 Å². The average molecular weight is 461 g/mol. The summed E-state index contributed by atoms with van der Waals surface area (Å²) in [5.41, 5.74) is 1.95. The third-order valence-corrected chi connectivity index (χ3v) is 8.29. The van der Waals surface area contributed by atoms with Crippen LogP contribution in [0.3, 0.4) is 0 Å². The van der Waals surface area contributed by atoms with Crippen LogP contribution in [-0.2, 0) is 31.2 Å². The number of benzene rings is 1. The van der Waals surface area contributed by atoms with Gasteiger partial charge in [-0.25, -0.2) is 5.14 Å². The van der Waals surface area contributed by atoms with Gasteiger partial charge in [0.2, 0.25) is 0 Å². The summed E-state index contributed by atoms with van der Waals surface area (Å²) in [6, 6.07) is 3.58. The molecule has 168 valence electrons. The largest absolute Gasteiger partial charge is 0.493 e. The van der Waals surface area contributed by atoms with Gasteiger partial charge in [0, 0.05) is 0 Å². The maximum atomic E-state index is 11.5. The molecule has 30 heavy (non-hydrogen) atoms. The van der Waals surface area contributed by atoms with Crippen LogP contribution in [0.2, 0.25) is 0 Å². The lowest BCUT2D eigenvalue weighted by molar-refractivity contribution is -0.00805. The highest BCUT2D eigenvalue weighted by atomic mass is 32.2. The Bertz CT molecular complexity index is 1060. The zero-order valence-corrected chi connectivity index (χ0v) is 18.7. The van der Waals surface area contributed by atoms with Crippen molar-refractivity contribution in [1.29, 1.82) is 0 Å². The van der Waals surface area contributed by atoms with Gasteiger partial charge in [-0.3, -0.25) is 4.18 Å². The first kappa shape index (κ1) is 21.8. The fraction of sp³-hybridized carbons (Fsp3) is 0.684. The molecular formula is C19H28N2O7S2. The number of nitrogens with two attached hydrogens (primary N) is 2. The third kappa shape index (κ3) is 3.93. The van der Waals surface area contributed by atoms with Gasteiger partial charge >= 0.3 is 20.6 Å². The quantitative estimate of drug-likeness (QED) is 0.679. The monoisotopic (exact) mass is 460 g/mol. The Balaban J connectivity index is 1.65. The van der Waals surface area contributed by atoms with E-state index in [1.54, 1.807) is 6.07 Å². The molecule has 2 fully saturated rings. The maximum Gasteiger partial charge on any atom is 0.380 e. The van der Waals surface area contributed by atoms with E-state index >= 15 is 0 Å². The standard InChI is InChI=1S/C19H28N2O7S2/c1-19-8-7-12-13(15(19)5-6-18(19)28-30(21,24)25)4-3-11-9-17(27-29(20,22)23)16(26-2)10-14(11)12/h9-10,12-13,15,18H,3-8H2,1-2H3,(H2,20,22,23)(H2,21,24,25)/t12-,13+,15-,18-,19-/m0/s1. The molecular weight excluding hydrogens is 432 g/mol. The number of hydrogen-bond donors (Lipinski definition) is 2. The number of hydrogen-bond acceptors (Lipinski definition) is 7. The van der Waals surface area contributed by atoms with Crippen molar-refractivity contribution in [2.24, 2.45) is 27.5 Å². The van der Waals surface area contributed by atoms with E-state index in [4.69, 9.17) is 23.4 Å². The van der Waals surface area contributed by atoms with E-state index in [1.165, 1.54) is 7.11 Å². The van der Waals surface area contributed by atoms with Crippen molar-refractivity contribution < 1.29 is 29.9 Å². The van der Waals surface area contributed by atoms with Gasteiger partial charge in [-0.2, -0.15) is 22.0 Å². The van der Waals surface area contributed by atoms with Crippen LogP contribution < -0.4 is 19.2 Å². The maximum absolute atomic E-state index is 11.5. The van der Waals surface area contributed by atoms with Crippen molar-refractivity contribution in [2.45, 2.75) is 57.5 Å². The van der Waals surface area contributed by atoms with E-state index in [2.05, 4.69) is 6.92 Å². The molecule has 0 heterocycles. The Labute approximate surface area is 177 Å². The van der Waals surface area contributed by atoms with Crippen molar-refractivity contribution in [3.63, 3.8) is 0 Å². The molecule has 1 aromatic rings. The fourth-order valence-electron chi connectivity index (χ4n) is 6.20. The van der Waals surface area contributed by atoms with Gasteiger partial charge in [-0.05, 0) is 85.0 Å².